The average molecular weight is 487 g/mol. The lowest BCUT2D eigenvalue weighted by Gasteiger charge is -2.13. The maximum absolute atomic E-state index is 12.1. The molecule has 9 heteroatoms. The predicted molar refractivity (Wildman–Crippen MR) is 129 cm³/mol. The van der Waals surface area contributed by atoms with Gasteiger partial charge in [-0.3, -0.25) is 4.79 Å². The van der Waals surface area contributed by atoms with Crippen molar-refractivity contribution in [3.8, 4) is 17.2 Å². The third kappa shape index (κ3) is 7.43. The topological polar surface area (TPSA) is 119 Å². The second-order valence-electron chi connectivity index (χ2n) is 7.95. The number of benzene rings is 2. The highest BCUT2D eigenvalue weighted by atomic mass is 32.2. The van der Waals surface area contributed by atoms with Crippen molar-refractivity contribution in [1.82, 2.24) is 9.71 Å². The Bertz CT molecular complexity index is 1210. The number of carbonyl (C=O) groups is 1. The van der Waals surface area contributed by atoms with Gasteiger partial charge in [0, 0.05) is 24.9 Å². The number of aromatic nitrogens is 1. The number of aliphatic carboxylic acids is 1. The molecular weight excluding hydrogens is 456 g/mol. The molecule has 0 saturated heterocycles. The Morgan fingerprint density at radius 2 is 1.88 bits per heavy atom. The first-order chi connectivity index (χ1) is 16.3. The molecule has 0 aliphatic rings. The molecule has 2 N–H and O–H groups in total. The van der Waals surface area contributed by atoms with Crippen LogP contribution in [-0.4, -0.2) is 36.8 Å². The van der Waals surface area contributed by atoms with Gasteiger partial charge in [-0.2, -0.15) is 0 Å². The maximum atomic E-state index is 12.1. The minimum Gasteiger partial charge on any atom is -0.493 e. The Kier molecular flexibility index (Phi) is 8.84. The molecule has 0 aliphatic heterocycles. The van der Waals surface area contributed by atoms with E-state index in [9.17, 15) is 13.2 Å². The molecule has 0 spiro atoms. The number of hydrogen-bond donors (Lipinski definition) is 2. The number of hydrogen-bond acceptors (Lipinski definition) is 6. The van der Waals surface area contributed by atoms with Crippen molar-refractivity contribution >= 4 is 16.0 Å². The van der Waals surface area contributed by atoms with Crippen LogP contribution in [0.2, 0.25) is 0 Å². The zero-order valence-electron chi connectivity index (χ0n) is 19.4. The fourth-order valence-electron chi connectivity index (χ4n) is 3.50. The van der Waals surface area contributed by atoms with Crippen molar-refractivity contribution in [3.63, 3.8) is 0 Å². The number of nitrogens with one attached hydrogen (secondary N) is 1. The zero-order chi connectivity index (χ0) is 24.6. The van der Waals surface area contributed by atoms with Crippen LogP contribution in [0.3, 0.4) is 0 Å². The van der Waals surface area contributed by atoms with E-state index in [4.69, 9.17) is 14.3 Å². The second-order valence-corrected chi connectivity index (χ2v) is 9.88. The summed E-state index contributed by atoms with van der Waals surface area (Å²) in [5.74, 6) is 1.01. The van der Waals surface area contributed by atoms with E-state index in [-0.39, 0.29) is 18.7 Å². The number of ether oxygens (including phenoxy) is 1. The third-order valence-electron chi connectivity index (χ3n) is 5.26. The van der Waals surface area contributed by atoms with Crippen LogP contribution < -0.4 is 9.46 Å². The number of oxazole rings is 1. The Labute approximate surface area is 200 Å². The summed E-state index contributed by atoms with van der Waals surface area (Å²) in [5.41, 5.74) is 3.19. The average Bonchev–Trinajstić information content (AvgIpc) is 3.18. The Hall–Kier alpha value is -3.17. The lowest BCUT2D eigenvalue weighted by molar-refractivity contribution is -0.136. The first-order valence-corrected chi connectivity index (χ1v) is 12.9. The van der Waals surface area contributed by atoms with Crippen LogP contribution in [-0.2, 0) is 34.2 Å². The number of rotatable bonds is 13. The van der Waals surface area contributed by atoms with Gasteiger partial charge < -0.3 is 14.3 Å². The lowest BCUT2D eigenvalue weighted by Crippen LogP contribution is -2.26. The molecule has 34 heavy (non-hydrogen) atoms. The van der Waals surface area contributed by atoms with Gasteiger partial charge in [0.1, 0.15) is 11.5 Å². The van der Waals surface area contributed by atoms with E-state index in [1.54, 1.807) is 25.1 Å². The van der Waals surface area contributed by atoms with E-state index in [0.717, 1.165) is 22.6 Å². The summed E-state index contributed by atoms with van der Waals surface area (Å²) in [6, 6.07) is 15.0. The van der Waals surface area contributed by atoms with Gasteiger partial charge in [-0.05, 0) is 55.2 Å². The summed E-state index contributed by atoms with van der Waals surface area (Å²) in [4.78, 5) is 15.6. The molecule has 8 nitrogen and oxygen atoms in total. The smallest absolute Gasteiger partial charge is 0.303 e. The fourth-order valence-corrected chi connectivity index (χ4v) is 4.56. The van der Waals surface area contributed by atoms with E-state index < -0.39 is 16.0 Å². The van der Waals surface area contributed by atoms with Crippen LogP contribution in [0.4, 0.5) is 0 Å². The van der Waals surface area contributed by atoms with Gasteiger partial charge in [0.2, 0.25) is 15.9 Å². The molecule has 0 radical (unpaired) electrons. The lowest BCUT2D eigenvalue weighted by atomic mass is 10.0. The molecule has 2 aromatic carbocycles. The van der Waals surface area contributed by atoms with Crippen molar-refractivity contribution in [2.75, 3.05) is 12.4 Å². The monoisotopic (exact) mass is 486 g/mol. The van der Waals surface area contributed by atoms with Crippen LogP contribution in [0, 0.1) is 6.92 Å². The quantitative estimate of drug-likeness (QED) is 0.373. The number of aryl methyl sites for hydroxylation is 2. The maximum Gasteiger partial charge on any atom is 0.303 e. The van der Waals surface area contributed by atoms with Crippen molar-refractivity contribution in [3.05, 3.63) is 71.1 Å². The molecular formula is C25H30N2O6S. The fraction of sp³-hybridized carbons (Fsp3) is 0.360. The Balaban J connectivity index is 1.67. The van der Waals surface area contributed by atoms with Crippen LogP contribution in [0.25, 0.3) is 11.5 Å². The van der Waals surface area contributed by atoms with Crippen molar-refractivity contribution < 1.29 is 27.5 Å². The second kappa shape index (κ2) is 11.8. The summed E-state index contributed by atoms with van der Waals surface area (Å²) in [6.07, 6.45) is 1.32. The van der Waals surface area contributed by atoms with E-state index in [2.05, 4.69) is 9.71 Å². The molecule has 1 aromatic heterocycles. The van der Waals surface area contributed by atoms with Crippen LogP contribution in [0.1, 0.15) is 42.3 Å². The summed E-state index contributed by atoms with van der Waals surface area (Å²) in [7, 11) is -3.39. The number of nitrogens with zero attached hydrogens (tertiary/aromatic N) is 1. The first kappa shape index (κ1) is 25.5. The van der Waals surface area contributed by atoms with Gasteiger partial charge in [0.25, 0.3) is 0 Å². The van der Waals surface area contributed by atoms with E-state index in [1.807, 2.05) is 37.3 Å². The highest BCUT2D eigenvalue weighted by Crippen LogP contribution is 2.23. The van der Waals surface area contributed by atoms with E-state index >= 15 is 0 Å². The van der Waals surface area contributed by atoms with Gasteiger partial charge in [0.05, 0.1) is 18.1 Å². The standard InChI is InChI=1S/C25H30N2O6S/c1-3-15-34(30,31)26-17-21-16-22(11-9-19(21)10-12-24(28)29)32-14-13-23-18(2)33-25(27-23)20-7-5-4-6-8-20/h4-9,11,16,26H,3,10,12-15,17H2,1-2H3,(H,28,29). The molecule has 0 atom stereocenters. The van der Waals surface area contributed by atoms with Crippen molar-refractivity contribution in [2.45, 2.75) is 46.1 Å². The highest BCUT2D eigenvalue weighted by Gasteiger charge is 2.14. The molecule has 1 heterocycles. The highest BCUT2D eigenvalue weighted by molar-refractivity contribution is 7.89. The molecule has 0 bridgehead atoms. The molecule has 0 aliphatic carbocycles. The van der Waals surface area contributed by atoms with Crippen molar-refractivity contribution in [1.29, 1.82) is 0 Å². The third-order valence-corrected chi connectivity index (χ3v) is 6.79. The minimum atomic E-state index is -3.39. The Morgan fingerprint density at radius 1 is 1.12 bits per heavy atom. The van der Waals surface area contributed by atoms with Crippen molar-refractivity contribution in [2.24, 2.45) is 0 Å². The van der Waals surface area contributed by atoms with Gasteiger partial charge in [-0.1, -0.05) is 31.2 Å². The van der Waals surface area contributed by atoms with Crippen LogP contribution >= 0.6 is 0 Å². The normalized spacial score (nSPS) is 11.5. The number of carboxylic acids is 1. The van der Waals surface area contributed by atoms with Gasteiger partial charge in [-0.15, -0.1) is 0 Å². The molecule has 0 saturated carbocycles. The molecule has 182 valence electrons. The minimum absolute atomic E-state index is 0.0374. The Morgan fingerprint density at radius 3 is 2.59 bits per heavy atom. The molecule has 3 rings (SSSR count). The number of carboxylic acid groups (broad SMARTS) is 1. The molecule has 3 aromatic rings. The van der Waals surface area contributed by atoms with Crippen LogP contribution in [0.15, 0.2) is 52.9 Å². The largest absolute Gasteiger partial charge is 0.493 e. The molecule has 0 amide bonds. The molecule has 0 unspecified atom stereocenters. The summed E-state index contributed by atoms with van der Waals surface area (Å²) in [5, 5.41) is 9.02. The van der Waals surface area contributed by atoms with E-state index in [0.29, 0.717) is 43.1 Å². The number of sulfonamides is 1. The summed E-state index contributed by atoms with van der Waals surface area (Å²) >= 11 is 0. The van der Waals surface area contributed by atoms with Gasteiger partial charge >= 0.3 is 5.97 Å². The summed E-state index contributed by atoms with van der Waals surface area (Å²) in [6.45, 7) is 4.10. The van der Waals surface area contributed by atoms with Gasteiger partial charge in [-0.25, -0.2) is 18.1 Å². The zero-order valence-corrected chi connectivity index (χ0v) is 20.2. The predicted octanol–water partition coefficient (Wildman–Crippen LogP) is 4.12. The SMILES string of the molecule is CCCS(=O)(=O)NCc1cc(OCCc2nc(-c3ccccc3)oc2C)ccc1CCC(=O)O. The first-order valence-electron chi connectivity index (χ1n) is 11.2. The summed E-state index contributed by atoms with van der Waals surface area (Å²) < 4.78 is 38.4. The molecule has 0 fully saturated rings. The van der Waals surface area contributed by atoms with Crippen LogP contribution in [0.5, 0.6) is 5.75 Å². The van der Waals surface area contributed by atoms with Gasteiger partial charge in [0.15, 0.2) is 0 Å². The van der Waals surface area contributed by atoms with E-state index in [1.165, 1.54) is 0 Å².